The van der Waals surface area contributed by atoms with Gasteiger partial charge >= 0.3 is 5.97 Å². The maximum atomic E-state index is 10.9. The SMILES string of the molecule is CC/C=C/C(C)=C/C(C)COC(=O)CC. The van der Waals surface area contributed by atoms with E-state index in [9.17, 15) is 4.79 Å². The minimum absolute atomic E-state index is 0.128. The van der Waals surface area contributed by atoms with Gasteiger partial charge in [-0.1, -0.05) is 44.6 Å². The summed E-state index contributed by atoms with van der Waals surface area (Å²) in [6, 6.07) is 0. The number of allylic oxidation sites excluding steroid dienone is 3. The number of ether oxygens (including phenoxy) is 1. The van der Waals surface area contributed by atoms with Crippen LogP contribution in [0.4, 0.5) is 0 Å². The Bertz CT molecular complexity index is 239. The lowest BCUT2D eigenvalue weighted by Gasteiger charge is -2.07. The molecule has 0 bridgehead atoms. The summed E-state index contributed by atoms with van der Waals surface area (Å²) in [7, 11) is 0. The number of hydrogen-bond acceptors (Lipinski definition) is 2. The average molecular weight is 210 g/mol. The molecule has 0 aliphatic rings. The summed E-state index contributed by atoms with van der Waals surface area (Å²) in [4.78, 5) is 10.9. The van der Waals surface area contributed by atoms with Gasteiger partial charge in [0.2, 0.25) is 0 Å². The van der Waals surface area contributed by atoms with Crippen molar-refractivity contribution < 1.29 is 9.53 Å². The zero-order valence-electron chi connectivity index (χ0n) is 10.2. The maximum Gasteiger partial charge on any atom is 0.305 e. The molecule has 0 aromatic rings. The van der Waals surface area contributed by atoms with Crippen LogP contribution < -0.4 is 0 Å². The Morgan fingerprint density at radius 3 is 2.60 bits per heavy atom. The lowest BCUT2D eigenvalue weighted by Crippen LogP contribution is -2.09. The lowest BCUT2D eigenvalue weighted by molar-refractivity contribution is -0.144. The number of esters is 1. The van der Waals surface area contributed by atoms with E-state index in [4.69, 9.17) is 4.74 Å². The predicted molar refractivity (Wildman–Crippen MR) is 63.6 cm³/mol. The van der Waals surface area contributed by atoms with Crippen molar-refractivity contribution in [2.45, 2.75) is 40.5 Å². The molecule has 86 valence electrons. The van der Waals surface area contributed by atoms with Crippen molar-refractivity contribution in [3.8, 4) is 0 Å². The normalized spacial score (nSPS) is 14.3. The molecular weight excluding hydrogens is 188 g/mol. The van der Waals surface area contributed by atoms with E-state index in [0.717, 1.165) is 6.42 Å². The molecular formula is C13H22O2. The molecule has 0 aromatic heterocycles. The van der Waals surface area contributed by atoms with Crippen LogP contribution >= 0.6 is 0 Å². The fourth-order valence-electron chi connectivity index (χ4n) is 1.18. The molecule has 0 N–H and O–H groups in total. The Hall–Kier alpha value is -1.05. The van der Waals surface area contributed by atoms with Crippen molar-refractivity contribution >= 4 is 5.97 Å². The van der Waals surface area contributed by atoms with E-state index in [0.29, 0.717) is 13.0 Å². The molecule has 0 amide bonds. The molecule has 0 saturated heterocycles. The summed E-state index contributed by atoms with van der Waals surface area (Å²) < 4.78 is 5.05. The van der Waals surface area contributed by atoms with Crippen molar-refractivity contribution in [2.24, 2.45) is 5.92 Å². The monoisotopic (exact) mass is 210 g/mol. The van der Waals surface area contributed by atoms with Crippen molar-refractivity contribution in [1.82, 2.24) is 0 Å². The van der Waals surface area contributed by atoms with Crippen molar-refractivity contribution in [3.63, 3.8) is 0 Å². The highest BCUT2D eigenvalue weighted by atomic mass is 16.5. The zero-order valence-corrected chi connectivity index (χ0v) is 10.2. The first-order valence-corrected chi connectivity index (χ1v) is 5.60. The van der Waals surface area contributed by atoms with Gasteiger partial charge in [-0.2, -0.15) is 0 Å². The largest absolute Gasteiger partial charge is 0.465 e. The number of rotatable bonds is 6. The molecule has 0 heterocycles. The highest BCUT2D eigenvalue weighted by molar-refractivity contribution is 5.68. The maximum absolute atomic E-state index is 10.9. The average Bonchev–Trinajstić information content (AvgIpc) is 2.22. The molecule has 0 aliphatic carbocycles. The third kappa shape index (κ3) is 7.98. The number of hydrogen-bond donors (Lipinski definition) is 0. The summed E-state index contributed by atoms with van der Waals surface area (Å²) in [5, 5.41) is 0. The highest BCUT2D eigenvalue weighted by Gasteiger charge is 2.02. The molecule has 0 fully saturated rings. The van der Waals surface area contributed by atoms with Crippen LogP contribution in [0, 0.1) is 5.92 Å². The molecule has 0 radical (unpaired) electrons. The van der Waals surface area contributed by atoms with E-state index >= 15 is 0 Å². The smallest absolute Gasteiger partial charge is 0.305 e. The fraction of sp³-hybridized carbons (Fsp3) is 0.615. The third-order valence-electron chi connectivity index (χ3n) is 1.96. The highest BCUT2D eigenvalue weighted by Crippen LogP contribution is 2.05. The molecule has 1 unspecified atom stereocenters. The van der Waals surface area contributed by atoms with Crippen molar-refractivity contribution in [1.29, 1.82) is 0 Å². The van der Waals surface area contributed by atoms with Gasteiger partial charge in [0.1, 0.15) is 0 Å². The first kappa shape index (κ1) is 13.9. The molecule has 15 heavy (non-hydrogen) atoms. The van der Waals surface area contributed by atoms with Crippen LogP contribution in [-0.2, 0) is 9.53 Å². The zero-order chi connectivity index (χ0) is 11.7. The summed E-state index contributed by atoms with van der Waals surface area (Å²) >= 11 is 0. The van der Waals surface area contributed by atoms with Crippen LogP contribution in [-0.4, -0.2) is 12.6 Å². The van der Waals surface area contributed by atoms with E-state index in [1.807, 2.05) is 6.92 Å². The Labute approximate surface area is 93.0 Å². The Morgan fingerprint density at radius 1 is 1.40 bits per heavy atom. The van der Waals surface area contributed by atoms with Crippen molar-refractivity contribution in [2.75, 3.05) is 6.61 Å². The predicted octanol–water partition coefficient (Wildman–Crippen LogP) is 3.49. The third-order valence-corrected chi connectivity index (χ3v) is 1.96. The summed E-state index contributed by atoms with van der Waals surface area (Å²) in [6.45, 7) is 8.49. The Kier molecular flexibility index (Phi) is 7.69. The molecule has 0 aliphatic heterocycles. The second-order valence-corrected chi connectivity index (χ2v) is 3.74. The Balaban J connectivity index is 3.95. The van der Waals surface area contributed by atoms with Gasteiger partial charge in [-0.15, -0.1) is 0 Å². The van der Waals surface area contributed by atoms with Gasteiger partial charge in [0.15, 0.2) is 0 Å². The van der Waals surface area contributed by atoms with Crippen LogP contribution in [0.15, 0.2) is 23.8 Å². The second-order valence-electron chi connectivity index (χ2n) is 3.74. The molecule has 1 atom stereocenters. The first-order chi connectivity index (χ1) is 7.10. The van der Waals surface area contributed by atoms with Gasteiger partial charge in [-0.05, 0) is 13.3 Å². The minimum Gasteiger partial charge on any atom is -0.465 e. The van der Waals surface area contributed by atoms with E-state index in [1.165, 1.54) is 5.57 Å². The van der Waals surface area contributed by atoms with Gasteiger partial charge < -0.3 is 4.74 Å². The van der Waals surface area contributed by atoms with Crippen LogP contribution in [0.25, 0.3) is 0 Å². The first-order valence-electron chi connectivity index (χ1n) is 5.60. The Morgan fingerprint density at radius 2 is 2.07 bits per heavy atom. The van der Waals surface area contributed by atoms with Crippen LogP contribution in [0.5, 0.6) is 0 Å². The van der Waals surface area contributed by atoms with Crippen molar-refractivity contribution in [3.05, 3.63) is 23.8 Å². The van der Waals surface area contributed by atoms with Crippen LogP contribution in [0.3, 0.4) is 0 Å². The van der Waals surface area contributed by atoms with E-state index in [1.54, 1.807) is 6.92 Å². The van der Waals surface area contributed by atoms with Gasteiger partial charge in [0.05, 0.1) is 6.61 Å². The molecule has 0 spiro atoms. The van der Waals surface area contributed by atoms with E-state index in [-0.39, 0.29) is 11.9 Å². The summed E-state index contributed by atoms with van der Waals surface area (Å²) in [6.07, 6.45) is 7.83. The minimum atomic E-state index is -0.128. The van der Waals surface area contributed by atoms with E-state index < -0.39 is 0 Å². The molecule has 0 aromatic carbocycles. The van der Waals surface area contributed by atoms with E-state index in [2.05, 4.69) is 32.1 Å². The molecule has 2 nitrogen and oxygen atoms in total. The quantitative estimate of drug-likeness (QED) is 0.495. The lowest BCUT2D eigenvalue weighted by atomic mass is 10.1. The number of carbonyl (C=O) groups is 1. The van der Waals surface area contributed by atoms with Gasteiger partial charge in [-0.25, -0.2) is 0 Å². The molecule has 0 rings (SSSR count). The standard InChI is InChI=1S/C13H22O2/c1-5-7-8-11(3)9-12(4)10-15-13(14)6-2/h7-9,12H,5-6,10H2,1-4H3/b8-7+,11-9+. The molecule has 0 saturated carbocycles. The second kappa shape index (κ2) is 8.27. The fourth-order valence-corrected chi connectivity index (χ4v) is 1.18. The van der Waals surface area contributed by atoms with Gasteiger partial charge in [0, 0.05) is 12.3 Å². The summed E-state index contributed by atoms with van der Waals surface area (Å²) in [5.41, 5.74) is 1.22. The van der Waals surface area contributed by atoms with Crippen LogP contribution in [0.1, 0.15) is 40.5 Å². The van der Waals surface area contributed by atoms with Crippen LogP contribution in [0.2, 0.25) is 0 Å². The van der Waals surface area contributed by atoms with Gasteiger partial charge in [0.25, 0.3) is 0 Å². The number of carbonyl (C=O) groups excluding carboxylic acids is 1. The summed E-state index contributed by atoms with van der Waals surface area (Å²) in [5.74, 6) is 0.152. The topological polar surface area (TPSA) is 26.3 Å². The molecule has 2 heteroatoms. The van der Waals surface area contributed by atoms with Gasteiger partial charge in [-0.3, -0.25) is 4.79 Å².